The van der Waals surface area contributed by atoms with Crippen LogP contribution in [0.25, 0.3) is 0 Å². The Labute approximate surface area is 83.2 Å². The molecule has 0 aromatic carbocycles. The molecular formula is C10H15NO3. The summed E-state index contributed by atoms with van der Waals surface area (Å²) in [5.41, 5.74) is 0.632. The fourth-order valence-corrected chi connectivity index (χ4v) is 1.04. The van der Waals surface area contributed by atoms with Gasteiger partial charge >= 0.3 is 5.97 Å². The quantitative estimate of drug-likeness (QED) is 0.692. The fourth-order valence-electron chi connectivity index (χ4n) is 1.04. The third-order valence-electron chi connectivity index (χ3n) is 1.78. The predicted molar refractivity (Wildman–Crippen MR) is 50.9 cm³/mol. The van der Waals surface area contributed by atoms with Gasteiger partial charge in [-0.05, 0) is 6.92 Å². The van der Waals surface area contributed by atoms with Crippen molar-refractivity contribution in [2.45, 2.75) is 33.1 Å². The van der Waals surface area contributed by atoms with Crippen molar-refractivity contribution in [3.8, 4) is 0 Å². The molecule has 1 rings (SSSR count). The lowest BCUT2D eigenvalue weighted by molar-refractivity contribution is -0.142. The summed E-state index contributed by atoms with van der Waals surface area (Å²) in [6, 6.07) is 1.79. The molecule has 0 radical (unpaired) electrons. The number of esters is 1. The van der Waals surface area contributed by atoms with Crippen molar-refractivity contribution in [1.29, 1.82) is 0 Å². The molecule has 4 nitrogen and oxygen atoms in total. The average Bonchev–Trinajstić information content (AvgIpc) is 2.53. The highest BCUT2D eigenvalue weighted by molar-refractivity contribution is 5.71. The largest absolute Gasteiger partial charge is 0.466 e. The van der Waals surface area contributed by atoms with Crippen LogP contribution >= 0.6 is 0 Å². The molecule has 0 saturated carbocycles. The molecule has 0 N–H and O–H groups in total. The highest BCUT2D eigenvalue weighted by Gasteiger charge is 2.11. The summed E-state index contributed by atoms with van der Waals surface area (Å²) >= 11 is 0. The van der Waals surface area contributed by atoms with Crippen LogP contribution < -0.4 is 0 Å². The van der Waals surface area contributed by atoms with Gasteiger partial charge < -0.3 is 9.26 Å². The van der Waals surface area contributed by atoms with E-state index < -0.39 is 0 Å². The number of hydrogen-bond acceptors (Lipinski definition) is 4. The first-order valence-corrected chi connectivity index (χ1v) is 4.74. The van der Waals surface area contributed by atoms with Crippen LogP contribution in [0.1, 0.15) is 38.1 Å². The molecule has 0 fully saturated rings. The van der Waals surface area contributed by atoms with Crippen molar-refractivity contribution in [2.24, 2.45) is 0 Å². The summed E-state index contributed by atoms with van der Waals surface area (Å²) in [5.74, 6) is 0.818. The van der Waals surface area contributed by atoms with Crippen molar-refractivity contribution >= 4 is 5.97 Å². The summed E-state index contributed by atoms with van der Waals surface area (Å²) in [5, 5.41) is 3.78. The number of hydrogen-bond donors (Lipinski definition) is 0. The Morgan fingerprint density at radius 1 is 1.64 bits per heavy atom. The Morgan fingerprint density at radius 3 is 2.86 bits per heavy atom. The maximum absolute atomic E-state index is 11.1. The smallest absolute Gasteiger partial charge is 0.311 e. The Morgan fingerprint density at radius 2 is 2.36 bits per heavy atom. The van der Waals surface area contributed by atoms with E-state index in [1.54, 1.807) is 13.0 Å². The number of rotatable bonds is 4. The van der Waals surface area contributed by atoms with Gasteiger partial charge in [0.1, 0.15) is 5.76 Å². The van der Waals surface area contributed by atoms with Crippen molar-refractivity contribution < 1.29 is 14.1 Å². The monoisotopic (exact) mass is 197 g/mol. The lowest BCUT2D eigenvalue weighted by Gasteiger charge is -1.97. The number of nitrogens with zero attached hydrogens (tertiary/aromatic N) is 1. The molecule has 14 heavy (non-hydrogen) atoms. The van der Waals surface area contributed by atoms with E-state index in [-0.39, 0.29) is 12.4 Å². The van der Waals surface area contributed by atoms with E-state index in [1.807, 2.05) is 13.8 Å². The van der Waals surface area contributed by atoms with Gasteiger partial charge in [-0.25, -0.2) is 0 Å². The molecule has 0 saturated heterocycles. The van der Waals surface area contributed by atoms with Gasteiger partial charge in [0, 0.05) is 12.0 Å². The van der Waals surface area contributed by atoms with Crippen molar-refractivity contribution in [1.82, 2.24) is 5.16 Å². The number of carbonyl (C=O) groups excluding carboxylic acids is 1. The second-order valence-electron chi connectivity index (χ2n) is 3.36. The minimum atomic E-state index is -0.267. The van der Waals surface area contributed by atoms with Crippen LogP contribution in [0.2, 0.25) is 0 Å². The summed E-state index contributed by atoms with van der Waals surface area (Å²) in [6.45, 7) is 6.19. The minimum absolute atomic E-state index is 0.185. The van der Waals surface area contributed by atoms with Crippen LogP contribution in [-0.2, 0) is 16.0 Å². The van der Waals surface area contributed by atoms with Crippen LogP contribution in [0.15, 0.2) is 10.6 Å². The normalized spacial score (nSPS) is 10.6. The van der Waals surface area contributed by atoms with Crippen LogP contribution in [0.5, 0.6) is 0 Å². The highest BCUT2D eigenvalue weighted by atomic mass is 16.5. The maximum atomic E-state index is 11.1. The van der Waals surface area contributed by atoms with E-state index in [0.29, 0.717) is 18.2 Å². The zero-order valence-electron chi connectivity index (χ0n) is 8.74. The standard InChI is InChI=1S/C10H15NO3/c1-4-13-10(12)6-8-5-9(7(2)3)14-11-8/h5,7H,4,6H2,1-3H3. The van der Waals surface area contributed by atoms with E-state index in [4.69, 9.17) is 9.26 Å². The molecule has 0 unspecified atom stereocenters. The summed E-state index contributed by atoms with van der Waals surface area (Å²) < 4.78 is 9.84. The van der Waals surface area contributed by atoms with E-state index in [2.05, 4.69) is 5.16 Å². The molecular weight excluding hydrogens is 182 g/mol. The van der Waals surface area contributed by atoms with Gasteiger partial charge in [-0.15, -0.1) is 0 Å². The first-order valence-electron chi connectivity index (χ1n) is 4.74. The topological polar surface area (TPSA) is 52.3 Å². The molecule has 1 heterocycles. The minimum Gasteiger partial charge on any atom is -0.466 e. The summed E-state index contributed by atoms with van der Waals surface area (Å²) in [4.78, 5) is 11.1. The Balaban J connectivity index is 2.55. The molecule has 0 aliphatic carbocycles. The van der Waals surface area contributed by atoms with Crippen LogP contribution in [-0.4, -0.2) is 17.7 Å². The van der Waals surface area contributed by atoms with Gasteiger partial charge in [-0.1, -0.05) is 19.0 Å². The zero-order valence-corrected chi connectivity index (χ0v) is 8.74. The van der Waals surface area contributed by atoms with Crippen LogP contribution in [0, 0.1) is 0 Å². The third kappa shape index (κ3) is 2.87. The lowest BCUT2D eigenvalue weighted by atomic mass is 10.1. The van der Waals surface area contributed by atoms with Crippen molar-refractivity contribution in [3.63, 3.8) is 0 Å². The van der Waals surface area contributed by atoms with E-state index >= 15 is 0 Å². The van der Waals surface area contributed by atoms with Crippen LogP contribution in [0.3, 0.4) is 0 Å². The molecule has 0 atom stereocenters. The van der Waals surface area contributed by atoms with E-state index in [1.165, 1.54) is 0 Å². The zero-order chi connectivity index (χ0) is 10.6. The number of carbonyl (C=O) groups is 1. The number of ether oxygens (including phenoxy) is 1. The maximum Gasteiger partial charge on any atom is 0.311 e. The van der Waals surface area contributed by atoms with Gasteiger partial charge in [0.25, 0.3) is 0 Å². The second-order valence-corrected chi connectivity index (χ2v) is 3.36. The van der Waals surface area contributed by atoms with Gasteiger partial charge in [0.2, 0.25) is 0 Å². The molecule has 4 heteroatoms. The lowest BCUT2D eigenvalue weighted by Crippen LogP contribution is -2.07. The summed E-state index contributed by atoms with van der Waals surface area (Å²) in [6.07, 6.45) is 0.185. The average molecular weight is 197 g/mol. The van der Waals surface area contributed by atoms with E-state index in [0.717, 1.165) is 5.76 Å². The molecule has 0 aliphatic heterocycles. The first-order chi connectivity index (χ1) is 6.63. The second kappa shape index (κ2) is 4.79. The molecule has 0 bridgehead atoms. The molecule has 78 valence electrons. The predicted octanol–water partition coefficient (Wildman–Crippen LogP) is 1.90. The van der Waals surface area contributed by atoms with Gasteiger partial charge in [0.05, 0.1) is 18.7 Å². The van der Waals surface area contributed by atoms with Crippen LogP contribution in [0.4, 0.5) is 0 Å². The van der Waals surface area contributed by atoms with Gasteiger partial charge in [-0.3, -0.25) is 4.79 Å². The SMILES string of the molecule is CCOC(=O)Cc1cc(C(C)C)on1. The molecule has 0 amide bonds. The van der Waals surface area contributed by atoms with Crippen molar-refractivity contribution in [2.75, 3.05) is 6.61 Å². The molecule has 0 aliphatic rings. The fraction of sp³-hybridized carbons (Fsp3) is 0.600. The molecule has 1 aromatic rings. The number of aromatic nitrogens is 1. The van der Waals surface area contributed by atoms with E-state index in [9.17, 15) is 4.79 Å². The van der Waals surface area contributed by atoms with Gasteiger partial charge in [-0.2, -0.15) is 0 Å². The Kier molecular flexibility index (Phi) is 3.68. The Bertz CT molecular complexity index is 304. The third-order valence-corrected chi connectivity index (χ3v) is 1.78. The molecule has 0 spiro atoms. The summed E-state index contributed by atoms with van der Waals surface area (Å²) in [7, 11) is 0. The first kappa shape index (κ1) is 10.8. The van der Waals surface area contributed by atoms with Crippen molar-refractivity contribution in [3.05, 3.63) is 17.5 Å². The Hall–Kier alpha value is -1.32. The van der Waals surface area contributed by atoms with Gasteiger partial charge in [0.15, 0.2) is 0 Å². The highest BCUT2D eigenvalue weighted by Crippen LogP contribution is 2.15. The molecule has 1 aromatic heterocycles.